The molecule has 0 radical (unpaired) electrons. The molecule has 0 heterocycles. The first-order valence-corrected chi connectivity index (χ1v) is 18.8. The Hall–Kier alpha value is -6.24. The van der Waals surface area contributed by atoms with Crippen molar-refractivity contribution in [3.05, 3.63) is 190 Å². The Morgan fingerprint density at radius 2 is 0.442 bits per heavy atom. The Kier molecular flexibility index (Phi) is 5.15. The third-order valence-corrected chi connectivity index (χ3v) is 12.9. The molecule has 8 aromatic carbocycles. The average Bonchev–Trinajstić information content (AvgIpc) is 3.96. The molecule has 5 aliphatic carbocycles. The van der Waals surface area contributed by atoms with Crippen molar-refractivity contribution in [1.29, 1.82) is 0 Å². The molecule has 13 rings (SSSR count). The van der Waals surface area contributed by atoms with Crippen molar-refractivity contribution in [2.75, 3.05) is 0 Å². The molecule has 240 valence electrons. The number of rotatable bonds is 4. The Balaban J connectivity index is 1.24. The van der Waals surface area contributed by atoms with E-state index in [0.717, 1.165) is 25.7 Å². The molecular weight excluding hydrogens is 625 g/mol. The van der Waals surface area contributed by atoms with Crippen LogP contribution in [-0.4, -0.2) is 0 Å². The molecule has 0 bridgehead atoms. The highest BCUT2D eigenvalue weighted by Crippen LogP contribution is 2.66. The van der Waals surface area contributed by atoms with E-state index in [1.807, 2.05) is 0 Å². The van der Waals surface area contributed by atoms with Gasteiger partial charge in [0, 0.05) is 0 Å². The maximum Gasteiger partial charge on any atom is -0.000660 e. The summed E-state index contributed by atoms with van der Waals surface area (Å²) in [6.07, 6.45) is 3.85. The Labute approximate surface area is 303 Å². The van der Waals surface area contributed by atoms with Crippen molar-refractivity contribution in [3.63, 3.8) is 0 Å². The van der Waals surface area contributed by atoms with Gasteiger partial charge in [-0.15, -0.1) is 0 Å². The Morgan fingerprint density at radius 3 is 0.654 bits per heavy atom. The molecule has 0 aliphatic heterocycles. The number of hydrogen-bond donors (Lipinski definition) is 0. The van der Waals surface area contributed by atoms with Crippen LogP contribution in [0.1, 0.15) is 44.5 Å². The molecule has 0 amide bonds. The molecule has 0 nitrogen and oxygen atoms in total. The molecule has 0 fully saturated rings. The monoisotopic (exact) mass is 656 g/mol. The largest absolute Gasteiger partial charge is 0.0622 e. The van der Waals surface area contributed by atoms with Crippen molar-refractivity contribution in [2.45, 2.75) is 25.7 Å². The van der Waals surface area contributed by atoms with Gasteiger partial charge in [0.1, 0.15) is 0 Å². The van der Waals surface area contributed by atoms with Gasteiger partial charge in [-0.25, -0.2) is 0 Å². The fourth-order valence-electron chi connectivity index (χ4n) is 10.9. The summed E-state index contributed by atoms with van der Waals surface area (Å²) >= 11 is 0. The second-order valence-electron chi connectivity index (χ2n) is 15.4. The minimum absolute atomic E-state index is 0.963. The minimum atomic E-state index is 0.963. The van der Waals surface area contributed by atoms with Crippen LogP contribution in [-0.2, 0) is 25.7 Å². The van der Waals surface area contributed by atoms with E-state index in [0.29, 0.717) is 0 Å². The summed E-state index contributed by atoms with van der Waals surface area (Å²) in [6, 6.07) is 55.1. The van der Waals surface area contributed by atoms with Crippen molar-refractivity contribution >= 4 is 0 Å². The molecule has 0 atom stereocenters. The van der Waals surface area contributed by atoms with E-state index in [1.165, 1.54) is 134 Å². The number of hydrogen-bond acceptors (Lipinski definition) is 0. The van der Waals surface area contributed by atoms with Gasteiger partial charge in [0.2, 0.25) is 0 Å². The molecule has 8 aromatic rings. The van der Waals surface area contributed by atoms with Crippen LogP contribution in [0.5, 0.6) is 0 Å². The van der Waals surface area contributed by atoms with Crippen LogP contribution in [0.2, 0.25) is 0 Å². The predicted octanol–water partition coefficient (Wildman–Crippen LogP) is 13.0. The van der Waals surface area contributed by atoms with E-state index < -0.39 is 0 Å². The predicted molar refractivity (Wildman–Crippen MR) is 215 cm³/mol. The van der Waals surface area contributed by atoms with E-state index in [2.05, 4.69) is 146 Å². The van der Waals surface area contributed by atoms with E-state index in [1.54, 1.807) is 0 Å². The molecular formula is C52H32. The third kappa shape index (κ3) is 3.38. The molecule has 52 heavy (non-hydrogen) atoms. The zero-order chi connectivity index (χ0) is 33.7. The van der Waals surface area contributed by atoms with Gasteiger partial charge in [0.05, 0.1) is 0 Å². The second-order valence-corrected chi connectivity index (χ2v) is 15.4. The van der Waals surface area contributed by atoms with Crippen LogP contribution >= 0.6 is 0 Å². The summed E-state index contributed by atoms with van der Waals surface area (Å²) in [6.45, 7) is 0. The zero-order valence-corrected chi connectivity index (χ0v) is 28.7. The third-order valence-electron chi connectivity index (χ3n) is 12.9. The molecule has 0 aromatic heterocycles. The first-order valence-electron chi connectivity index (χ1n) is 18.8. The van der Waals surface area contributed by atoms with Crippen LogP contribution in [0.3, 0.4) is 0 Å². The van der Waals surface area contributed by atoms with Crippen LogP contribution in [0.15, 0.2) is 146 Å². The summed E-state index contributed by atoms with van der Waals surface area (Å²) in [5.41, 5.74) is 35.1. The summed E-state index contributed by atoms with van der Waals surface area (Å²) in [4.78, 5) is 0. The molecule has 0 saturated carbocycles. The maximum absolute atomic E-state index is 2.58. The summed E-state index contributed by atoms with van der Waals surface area (Å²) in [5.74, 6) is 0. The smallest absolute Gasteiger partial charge is 0.000660 e. The summed E-state index contributed by atoms with van der Waals surface area (Å²) in [7, 11) is 0. The van der Waals surface area contributed by atoms with Crippen molar-refractivity contribution in [2.24, 2.45) is 0 Å². The first-order chi connectivity index (χ1) is 25.8. The topological polar surface area (TPSA) is 0 Å². The highest BCUT2D eigenvalue weighted by Gasteiger charge is 2.44. The molecule has 0 spiro atoms. The van der Waals surface area contributed by atoms with Gasteiger partial charge in [0.15, 0.2) is 0 Å². The maximum atomic E-state index is 2.58. The SMILES string of the molecule is c1ccc(-c2cc3c4c5c2Cc2cc(-c6ccccc6)c6c(c2-5)-c2c(cc(-c5ccccc5)c5c2-c2c(cc(-c7ccccc7)c(c2-4)C3)C5)C6)cc1. The van der Waals surface area contributed by atoms with Crippen molar-refractivity contribution in [1.82, 2.24) is 0 Å². The lowest BCUT2D eigenvalue weighted by atomic mass is 9.78. The normalized spacial score (nSPS) is 13.8. The van der Waals surface area contributed by atoms with Crippen LogP contribution < -0.4 is 0 Å². The van der Waals surface area contributed by atoms with Gasteiger partial charge in [-0.1, -0.05) is 121 Å². The fourth-order valence-corrected chi connectivity index (χ4v) is 10.9. The summed E-state index contributed by atoms with van der Waals surface area (Å²) < 4.78 is 0. The molecule has 0 heteroatoms. The van der Waals surface area contributed by atoms with Crippen molar-refractivity contribution in [3.8, 4) is 89.0 Å². The Morgan fingerprint density at radius 1 is 0.231 bits per heavy atom. The van der Waals surface area contributed by atoms with Gasteiger partial charge in [-0.2, -0.15) is 0 Å². The molecule has 5 aliphatic rings. The molecule has 0 saturated heterocycles. The van der Waals surface area contributed by atoms with Gasteiger partial charge < -0.3 is 0 Å². The molecule has 0 unspecified atom stereocenters. The van der Waals surface area contributed by atoms with E-state index in [-0.39, 0.29) is 0 Å². The van der Waals surface area contributed by atoms with Gasteiger partial charge in [0.25, 0.3) is 0 Å². The van der Waals surface area contributed by atoms with Gasteiger partial charge in [-0.05, 0) is 183 Å². The lowest BCUT2D eigenvalue weighted by Gasteiger charge is -2.25. The molecule has 0 N–H and O–H groups in total. The first kappa shape index (κ1) is 27.5. The summed E-state index contributed by atoms with van der Waals surface area (Å²) in [5, 5.41) is 0. The quantitative estimate of drug-likeness (QED) is 0.177. The second kappa shape index (κ2) is 9.75. The lowest BCUT2D eigenvalue weighted by Crippen LogP contribution is -1.99. The minimum Gasteiger partial charge on any atom is -0.0622 e. The van der Waals surface area contributed by atoms with Crippen LogP contribution in [0, 0.1) is 0 Å². The zero-order valence-electron chi connectivity index (χ0n) is 28.7. The standard InChI is InChI=1S/C52H32/c1-5-13-29(14-6-1)37-21-33-26-42-39(31-17-9-3-10-18-31)23-35-28-44-40(32-19-11-4-12-20-32)24-36-27-43-38(30-15-7-2-8-16-30)22-34-25-41(37)49-45(33)50(42)47(35)52(44)48(36)51(43)46(34)49/h1-24H,25-28H2. The van der Waals surface area contributed by atoms with E-state index >= 15 is 0 Å². The van der Waals surface area contributed by atoms with Gasteiger partial charge >= 0.3 is 0 Å². The number of benzene rings is 8. The average molecular weight is 657 g/mol. The Bertz CT molecular complexity index is 2460. The highest BCUT2D eigenvalue weighted by molar-refractivity contribution is 6.17. The fraction of sp³-hybridized carbons (Fsp3) is 0.0769. The van der Waals surface area contributed by atoms with Gasteiger partial charge in [-0.3, -0.25) is 0 Å². The van der Waals surface area contributed by atoms with E-state index in [4.69, 9.17) is 0 Å². The van der Waals surface area contributed by atoms with E-state index in [9.17, 15) is 0 Å². The van der Waals surface area contributed by atoms with Crippen LogP contribution in [0.25, 0.3) is 89.0 Å². The van der Waals surface area contributed by atoms with Crippen molar-refractivity contribution < 1.29 is 0 Å². The highest BCUT2D eigenvalue weighted by atomic mass is 14.5. The lowest BCUT2D eigenvalue weighted by molar-refractivity contribution is 1.21. The van der Waals surface area contributed by atoms with Crippen LogP contribution in [0.4, 0.5) is 0 Å².